The SMILES string of the molecule is C[C@H]1C[C@H]2[C@@H]3CC[C@H]4CC(=O)CC[C@]4(C)C3=CC[C@]2(C)[C@@]1(O)C(=O)CN1CCN(c2ccccn2)CC1.Cl.Cl.O. The molecule has 0 unspecified atom stereocenters. The number of fused-ring (bicyclic) bond motifs is 5. The molecule has 9 heteroatoms. The van der Waals surface area contributed by atoms with Gasteiger partial charge >= 0.3 is 0 Å². The first-order valence-electron chi connectivity index (χ1n) is 14.5. The van der Waals surface area contributed by atoms with Crippen LogP contribution in [0.25, 0.3) is 0 Å². The van der Waals surface area contributed by atoms with Crippen LogP contribution in [0.4, 0.5) is 5.82 Å². The van der Waals surface area contributed by atoms with Crippen LogP contribution in [0.2, 0.25) is 0 Å². The Hall–Kier alpha value is -1.51. The molecule has 40 heavy (non-hydrogen) atoms. The van der Waals surface area contributed by atoms with Crippen molar-refractivity contribution >= 4 is 42.2 Å². The zero-order valence-electron chi connectivity index (χ0n) is 24.1. The van der Waals surface area contributed by atoms with Crippen molar-refractivity contribution in [2.75, 3.05) is 37.6 Å². The summed E-state index contributed by atoms with van der Waals surface area (Å²) in [5, 5.41) is 12.3. The molecule has 1 aromatic rings. The molecule has 224 valence electrons. The van der Waals surface area contributed by atoms with Crippen molar-refractivity contribution < 1.29 is 20.2 Å². The van der Waals surface area contributed by atoms with Gasteiger partial charge in [0.25, 0.3) is 0 Å². The lowest BCUT2D eigenvalue weighted by atomic mass is 9.48. The van der Waals surface area contributed by atoms with Gasteiger partial charge in [-0.15, -0.1) is 24.8 Å². The summed E-state index contributed by atoms with van der Waals surface area (Å²) < 4.78 is 0. The largest absolute Gasteiger partial charge is 0.412 e. The van der Waals surface area contributed by atoms with Gasteiger partial charge in [0.2, 0.25) is 0 Å². The molecule has 4 aliphatic carbocycles. The number of pyridine rings is 1. The van der Waals surface area contributed by atoms with Crippen LogP contribution < -0.4 is 4.90 Å². The number of hydrogen-bond donors (Lipinski definition) is 1. The lowest BCUT2D eigenvalue weighted by Crippen LogP contribution is -2.60. The molecule has 5 aliphatic rings. The van der Waals surface area contributed by atoms with Crippen molar-refractivity contribution in [3.63, 3.8) is 0 Å². The van der Waals surface area contributed by atoms with E-state index in [0.29, 0.717) is 36.5 Å². The van der Waals surface area contributed by atoms with Crippen molar-refractivity contribution in [3.05, 3.63) is 36.0 Å². The summed E-state index contributed by atoms with van der Waals surface area (Å²) in [7, 11) is 0. The Morgan fingerprint density at radius 1 is 1.12 bits per heavy atom. The summed E-state index contributed by atoms with van der Waals surface area (Å²) in [6.45, 7) is 10.3. The second-order valence-corrected chi connectivity index (χ2v) is 13.2. The number of ketones is 2. The maximum absolute atomic E-state index is 14.0. The second kappa shape index (κ2) is 12.0. The fourth-order valence-electron chi connectivity index (χ4n) is 9.26. The average molecular weight is 597 g/mol. The van der Waals surface area contributed by atoms with Gasteiger partial charge in [0.1, 0.15) is 17.2 Å². The van der Waals surface area contributed by atoms with Gasteiger partial charge in [0.05, 0.1) is 6.54 Å². The van der Waals surface area contributed by atoms with Crippen molar-refractivity contribution in [2.45, 2.75) is 71.3 Å². The van der Waals surface area contributed by atoms with E-state index >= 15 is 0 Å². The number of carbonyl (C=O) groups excluding carboxylic acids is 2. The summed E-state index contributed by atoms with van der Waals surface area (Å²) >= 11 is 0. The highest BCUT2D eigenvalue weighted by Crippen LogP contribution is 2.67. The maximum Gasteiger partial charge on any atom is 0.179 e. The smallest absolute Gasteiger partial charge is 0.179 e. The Bertz CT molecular complexity index is 1110. The monoisotopic (exact) mass is 595 g/mol. The molecule has 0 spiro atoms. The molecule has 4 fully saturated rings. The van der Waals surface area contributed by atoms with E-state index in [1.54, 1.807) is 5.57 Å². The topological polar surface area (TPSA) is 105 Å². The zero-order chi connectivity index (χ0) is 26.0. The molecule has 0 radical (unpaired) electrons. The van der Waals surface area contributed by atoms with E-state index in [1.165, 1.54) is 0 Å². The summed E-state index contributed by atoms with van der Waals surface area (Å²) in [4.78, 5) is 35.1. The quantitative estimate of drug-likeness (QED) is 0.520. The molecule has 1 aromatic heterocycles. The van der Waals surface area contributed by atoms with Gasteiger partial charge < -0.3 is 15.5 Å². The number of aromatic nitrogens is 1. The van der Waals surface area contributed by atoms with E-state index < -0.39 is 11.0 Å². The highest BCUT2D eigenvalue weighted by Gasteiger charge is 2.67. The molecule has 3 saturated carbocycles. The van der Waals surface area contributed by atoms with Gasteiger partial charge in [-0.25, -0.2) is 4.98 Å². The number of allylic oxidation sites excluding steroid dienone is 2. The van der Waals surface area contributed by atoms with Crippen LogP contribution in [0.3, 0.4) is 0 Å². The Labute approximate surface area is 251 Å². The first-order chi connectivity index (χ1) is 17.7. The molecular formula is C31H47Cl2N3O4. The number of halogens is 2. The van der Waals surface area contributed by atoms with Crippen molar-refractivity contribution in [2.24, 2.45) is 34.5 Å². The fourth-order valence-corrected chi connectivity index (χ4v) is 9.26. The minimum atomic E-state index is -1.29. The van der Waals surface area contributed by atoms with Crippen molar-refractivity contribution in [3.8, 4) is 0 Å². The fraction of sp³-hybridized carbons (Fsp3) is 0.710. The van der Waals surface area contributed by atoms with Crippen LogP contribution in [-0.2, 0) is 9.59 Å². The van der Waals surface area contributed by atoms with Crippen molar-refractivity contribution in [1.29, 1.82) is 0 Å². The number of hydrogen-bond acceptors (Lipinski definition) is 6. The maximum atomic E-state index is 14.0. The zero-order valence-corrected chi connectivity index (χ0v) is 25.7. The van der Waals surface area contributed by atoms with Crippen LogP contribution in [0.15, 0.2) is 36.0 Å². The number of anilines is 1. The number of nitrogens with zero attached hydrogens (tertiary/aromatic N) is 3. The molecule has 1 aliphatic heterocycles. The Morgan fingerprint density at radius 2 is 1.85 bits per heavy atom. The highest BCUT2D eigenvalue weighted by molar-refractivity contribution is 5.91. The minimum Gasteiger partial charge on any atom is -0.412 e. The molecule has 1 saturated heterocycles. The molecule has 7 nitrogen and oxygen atoms in total. The minimum absolute atomic E-state index is 0. The van der Waals surface area contributed by atoms with Crippen LogP contribution in [0.5, 0.6) is 0 Å². The third-order valence-electron chi connectivity index (χ3n) is 11.6. The van der Waals surface area contributed by atoms with Crippen LogP contribution in [0.1, 0.15) is 65.7 Å². The van der Waals surface area contributed by atoms with Gasteiger partial charge in [-0.1, -0.05) is 38.5 Å². The molecular weight excluding hydrogens is 549 g/mol. The van der Waals surface area contributed by atoms with E-state index in [-0.39, 0.29) is 47.4 Å². The number of piperazine rings is 1. The van der Waals surface area contributed by atoms with E-state index in [4.69, 9.17) is 0 Å². The summed E-state index contributed by atoms with van der Waals surface area (Å²) in [6, 6.07) is 5.98. The molecule has 7 atom stereocenters. The number of carbonyl (C=O) groups is 2. The normalized spacial score (nSPS) is 38.9. The molecule has 3 N–H and O–H groups in total. The Balaban J connectivity index is 0.00000147. The highest BCUT2D eigenvalue weighted by atomic mass is 35.5. The molecule has 2 heterocycles. The average Bonchev–Trinajstić information content (AvgIpc) is 3.11. The standard InChI is InChI=1S/C31H43N3O3.2ClH.H2O/c1-21-18-26-24-8-7-22-19-23(35)9-11-29(22,2)25(24)10-12-30(26,3)31(21,37)27(36)20-33-14-16-34(17-15-33)28-6-4-5-13-32-28;;;/h4-6,10,13,21-22,24,26,37H,7-9,11-12,14-20H2,1-3H3;2*1H;1H2/t21-,22-,24+,26-,29-,30-,31-;;;/m0.../s1. The first kappa shape index (κ1) is 33.0. The molecule has 0 bridgehead atoms. The third-order valence-corrected chi connectivity index (χ3v) is 11.6. The molecule has 0 aromatic carbocycles. The van der Waals surface area contributed by atoms with Gasteiger partial charge in [0, 0.05) is 50.6 Å². The van der Waals surface area contributed by atoms with Gasteiger partial charge in [0.15, 0.2) is 5.78 Å². The summed E-state index contributed by atoms with van der Waals surface area (Å²) in [6.07, 6.45) is 10.5. The molecule has 0 amide bonds. The van der Waals surface area contributed by atoms with Gasteiger partial charge in [-0.05, 0) is 73.3 Å². The Kier molecular flexibility index (Phi) is 9.90. The lowest BCUT2D eigenvalue weighted by molar-refractivity contribution is -0.160. The predicted molar refractivity (Wildman–Crippen MR) is 162 cm³/mol. The van der Waals surface area contributed by atoms with E-state index in [9.17, 15) is 14.7 Å². The van der Waals surface area contributed by atoms with Crippen molar-refractivity contribution in [1.82, 2.24) is 9.88 Å². The van der Waals surface area contributed by atoms with Crippen LogP contribution in [0, 0.1) is 34.5 Å². The second-order valence-electron chi connectivity index (χ2n) is 13.2. The van der Waals surface area contributed by atoms with E-state index in [2.05, 4.69) is 41.6 Å². The van der Waals surface area contributed by atoms with Crippen LogP contribution in [-0.4, -0.2) is 70.4 Å². The lowest BCUT2D eigenvalue weighted by Gasteiger charge is -2.56. The van der Waals surface area contributed by atoms with Gasteiger partial charge in [-0.2, -0.15) is 0 Å². The third kappa shape index (κ3) is 4.94. The van der Waals surface area contributed by atoms with E-state index in [0.717, 1.165) is 70.5 Å². The van der Waals surface area contributed by atoms with Crippen LogP contribution >= 0.6 is 24.8 Å². The number of Topliss-reactive ketones (excluding diaryl/α,β-unsaturated/α-hetero) is 2. The number of rotatable bonds is 4. The number of aliphatic hydroxyl groups is 1. The summed E-state index contributed by atoms with van der Waals surface area (Å²) in [5.74, 6) is 2.60. The first-order valence-corrected chi connectivity index (χ1v) is 14.5. The predicted octanol–water partition coefficient (Wildman–Crippen LogP) is 4.30. The van der Waals surface area contributed by atoms with E-state index in [1.807, 2.05) is 24.4 Å². The molecule has 6 rings (SSSR count). The summed E-state index contributed by atoms with van der Waals surface area (Å²) in [5.41, 5.74) is -0.0632. The van der Waals surface area contributed by atoms with Gasteiger partial charge in [-0.3, -0.25) is 14.5 Å². The Morgan fingerprint density at radius 3 is 2.52 bits per heavy atom.